The van der Waals surface area contributed by atoms with Crippen LogP contribution in [-0.4, -0.2) is 19.6 Å². The van der Waals surface area contributed by atoms with E-state index < -0.39 is 11.7 Å². The van der Waals surface area contributed by atoms with Gasteiger partial charge in [0.2, 0.25) is 0 Å². The van der Waals surface area contributed by atoms with Crippen LogP contribution >= 0.6 is 0 Å². The summed E-state index contributed by atoms with van der Waals surface area (Å²) in [5.74, 6) is 0.605. The molecule has 5 heteroatoms. The van der Waals surface area contributed by atoms with Crippen molar-refractivity contribution >= 4 is 5.69 Å². The molecule has 118 valence electrons. The van der Waals surface area contributed by atoms with Crippen molar-refractivity contribution in [1.29, 1.82) is 0 Å². The molecule has 0 bridgehead atoms. The van der Waals surface area contributed by atoms with Gasteiger partial charge in [-0.3, -0.25) is 0 Å². The van der Waals surface area contributed by atoms with E-state index in [1.165, 1.54) is 6.07 Å². The van der Waals surface area contributed by atoms with Crippen molar-refractivity contribution in [2.75, 3.05) is 24.5 Å². The van der Waals surface area contributed by atoms with Crippen LogP contribution in [0.1, 0.15) is 37.3 Å². The molecule has 0 amide bonds. The Morgan fingerprint density at radius 3 is 2.71 bits per heavy atom. The number of nitrogens with zero attached hydrogens (tertiary/aromatic N) is 1. The molecule has 0 radical (unpaired) electrons. The van der Waals surface area contributed by atoms with Crippen molar-refractivity contribution in [3.8, 4) is 0 Å². The summed E-state index contributed by atoms with van der Waals surface area (Å²) in [5, 5.41) is 0. The van der Waals surface area contributed by atoms with Crippen molar-refractivity contribution in [3.05, 3.63) is 29.3 Å². The summed E-state index contributed by atoms with van der Waals surface area (Å²) >= 11 is 0. The minimum atomic E-state index is -4.32. The van der Waals surface area contributed by atoms with Gasteiger partial charge >= 0.3 is 6.18 Å². The Hall–Kier alpha value is -1.23. The molecule has 2 N–H and O–H groups in total. The highest BCUT2D eigenvalue weighted by molar-refractivity contribution is 5.52. The zero-order valence-corrected chi connectivity index (χ0v) is 12.4. The maximum absolute atomic E-state index is 13.2. The summed E-state index contributed by atoms with van der Waals surface area (Å²) in [4.78, 5) is 2.07. The average molecular weight is 300 g/mol. The van der Waals surface area contributed by atoms with Crippen LogP contribution in [0.25, 0.3) is 0 Å². The zero-order valence-electron chi connectivity index (χ0n) is 12.4. The molecule has 1 saturated heterocycles. The van der Waals surface area contributed by atoms with Crippen molar-refractivity contribution in [2.45, 2.75) is 38.8 Å². The highest BCUT2D eigenvalue weighted by Gasteiger charge is 2.34. The maximum Gasteiger partial charge on any atom is 0.416 e. The second-order valence-corrected chi connectivity index (χ2v) is 5.77. The molecule has 0 aromatic heterocycles. The third-order valence-electron chi connectivity index (χ3n) is 4.16. The molecule has 1 atom stereocenters. The maximum atomic E-state index is 13.2. The zero-order chi connectivity index (χ0) is 15.5. The van der Waals surface area contributed by atoms with E-state index in [4.69, 9.17) is 5.73 Å². The summed E-state index contributed by atoms with van der Waals surface area (Å²) < 4.78 is 39.5. The standard InChI is InChI=1S/C16H23F3N2/c1-2-3-12-7-9-21(11-12)14-5-4-13(6-8-20)15(10-14)16(17,18)19/h4-5,10,12H,2-3,6-9,11,20H2,1H3. The van der Waals surface area contributed by atoms with E-state index in [0.717, 1.165) is 32.4 Å². The topological polar surface area (TPSA) is 29.3 Å². The number of nitrogens with two attached hydrogens (primary N) is 1. The van der Waals surface area contributed by atoms with Crippen LogP contribution in [0.4, 0.5) is 18.9 Å². The van der Waals surface area contributed by atoms with Crippen molar-refractivity contribution < 1.29 is 13.2 Å². The van der Waals surface area contributed by atoms with Gasteiger partial charge in [-0.2, -0.15) is 13.2 Å². The fourth-order valence-electron chi connectivity index (χ4n) is 3.11. The van der Waals surface area contributed by atoms with Crippen LogP contribution in [0.2, 0.25) is 0 Å². The van der Waals surface area contributed by atoms with E-state index in [9.17, 15) is 13.2 Å². The van der Waals surface area contributed by atoms with Gasteiger partial charge < -0.3 is 10.6 Å². The molecular formula is C16H23F3N2. The molecule has 1 aromatic carbocycles. The first-order chi connectivity index (χ1) is 9.95. The van der Waals surface area contributed by atoms with Crippen LogP contribution in [-0.2, 0) is 12.6 Å². The summed E-state index contributed by atoms with van der Waals surface area (Å²) in [5.41, 5.74) is 5.84. The first kappa shape index (κ1) is 16.1. The lowest BCUT2D eigenvalue weighted by Crippen LogP contribution is -2.21. The molecule has 1 aliphatic heterocycles. The lowest BCUT2D eigenvalue weighted by molar-refractivity contribution is -0.138. The summed E-state index contributed by atoms with van der Waals surface area (Å²) in [6.07, 6.45) is -0.716. The highest BCUT2D eigenvalue weighted by Crippen LogP contribution is 2.36. The number of benzene rings is 1. The van der Waals surface area contributed by atoms with Gasteiger partial charge in [-0.1, -0.05) is 19.4 Å². The Balaban J connectivity index is 2.22. The molecule has 2 nitrogen and oxygen atoms in total. The number of hydrogen-bond acceptors (Lipinski definition) is 2. The lowest BCUT2D eigenvalue weighted by atomic mass is 10.0. The molecule has 1 fully saturated rings. The predicted octanol–water partition coefficient (Wildman–Crippen LogP) is 3.83. The van der Waals surface area contributed by atoms with E-state index >= 15 is 0 Å². The van der Waals surface area contributed by atoms with Crippen LogP contribution in [0.3, 0.4) is 0 Å². The molecule has 1 aliphatic rings. The van der Waals surface area contributed by atoms with Gasteiger partial charge in [-0.15, -0.1) is 0 Å². The van der Waals surface area contributed by atoms with E-state index in [-0.39, 0.29) is 18.5 Å². The van der Waals surface area contributed by atoms with E-state index in [2.05, 4.69) is 11.8 Å². The largest absolute Gasteiger partial charge is 0.416 e. The van der Waals surface area contributed by atoms with Crippen LogP contribution in [0.15, 0.2) is 18.2 Å². The highest BCUT2D eigenvalue weighted by atomic mass is 19.4. The average Bonchev–Trinajstić information content (AvgIpc) is 2.87. The molecule has 0 spiro atoms. The predicted molar refractivity (Wildman–Crippen MR) is 79.4 cm³/mol. The fourth-order valence-corrected chi connectivity index (χ4v) is 3.11. The Morgan fingerprint density at radius 2 is 2.10 bits per heavy atom. The van der Waals surface area contributed by atoms with Crippen LogP contribution < -0.4 is 10.6 Å². The molecule has 0 saturated carbocycles. The minimum Gasteiger partial charge on any atom is -0.371 e. The van der Waals surface area contributed by atoms with Crippen molar-refractivity contribution in [3.63, 3.8) is 0 Å². The van der Waals surface area contributed by atoms with Crippen LogP contribution in [0.5, 0.6) is 0 Å². The molecule has 1 aromatic rings. The number of hydrogen-bond donors (Lipinski definition) is 1. The second-order valence-electron chi connectivity index (χ2n) is 5.77. The SMILES string of the molecule is CCCC1CCN(c2ccc(CCN)c(C(F)(F)F)c2)C1. The number of alkyl halides is 3. The van der Waals surface area contributed by atoms with E-state index in [0.29, 0.717) is 11.6 Å². The van der Waals surface area contributed by atoms with Gasteiger partial charge in [0.1, 0.15) is 0 Å². The molecule has 2 rings (SSSR count). The third kappa shape index (κ3) is 3.90. The number of anilines is 1. The van der Waals surface area contributed by atoms with E-state index in [1.54, 1.807) is 12.1 Å². The smallest absolute Gasteiger partial charge is 0.371 e. The second kappa shape index (κ2) is 6.69. The molecule has 21 heavy (non-hydrogen) atoms. The van der Waals surface area contributed by atoms with Gasteiger partial charge in [0.05, 0.1) is 5.56 Å². The number of halogens is 3. The van der Waals surface area contributed by atoms with Crippen LogP contribution in [0, 0.1) is 5.92 Å². The normalized spacial score (nSPS) is 19.3. The lowest BCUT2D eigenvalue weighted by Gasteiger charge is -2.22. The summed E-state index contributed by atoms with van der Waals surface area (Å²) in [7, 11) is 0. The number of rotatable bonds is 5. The summed E-state index contributed by atoms with van der Waals surface area (Å²) in [6.45, 7) is 4.08. The Morgan fingerprint density at radius 1 is 1.33 bits per heavy atom. The Labute approximate surface area is 124 Å². The van der Waals surface area contributed by atoms with Gasteiger partial charge in [-0.05, 0) is 49.4 Å². The minimum absolute atomic E-state index is 0.227. The van der Waals surface area contributed by atoms with Gasteiger partial charge in [0.15, 0.2) is 0 Å². The first-order valence-electron chi connectivity index (χ1n) is 7.60. The fraction of sp³-hybridized carbons (Fsp3) is 0.625. The first-order valence-corrected chi connectivity index (χ1v) is 7.60. The van der Waals surface area contributed by atoms with E-state index in [1.807, 2.05) is 0 Å². The van der Waals surface area contributed by atoms with Gasteiger partial charge in [0, 0.05) is 18.8 Å². The van der Waals surface area contributed by atoms with Gasteiger partial charge in [-0.25, -0.2) is 0 Å². The molecule has 0 aliphatic carbocycles. The van der Waals surface area contributed by atoms with Gasteiger partial charge in [0.25, 0.3) is 0 Å². The Kier molecular flexibility index (Phi) is 5.14. The molecule has 1 heterocycles. The Bertz CT molecular complexity index is 471. The molecule has 1 unspecified atom stereocenters. The monoisotopic (exact) mass is 300 g/mol. The molecular weight excluding hydrogens is 277 g/mol. The quantitative estimate of drug-likeness (QED) is 0.895. The van der Waals surface area contributed by atoms with Crippen molar-refractivity contribution in [1.82, 2.24) is 0 Å². The summed E-state index contributed by atoms with van der Waals surface area (Å²) in [6, 6.07) is 4.67. The van der Waals surface area contributed by atoms with Crippen molar-refractivity contribution in [2.24, 2.45) is 11.7 Å². The third-order valence-corrected chi connectivity index (χ3v) is 4.16.